The molecule has 18 heavy (non-hydrogen) atoms. The van der Waals surface area contributed by atoms with Gasteiger partial charge in [-0.15, -0.1) is 0 Å². The maximum atomic E-state index is 11.6. The highest BCUT2D eigenvalue weighted by atomic mass is 16.5. The molecule has 2 aromatic heterocycles. The van der Waals surface area contributed by atoms with E-state index in [9.17, 15) is 4.79 Å². The first-order chi connectivity index (χ1) is 8.70. The van der Waals surface area contributed by atoms with Crippen LogP contribution in [0.3, 0.4) is 0 Å². The van der Waals surface area contributed by atoms with Gasteiger partial charge >= 0.3 is 0 Å². The van der Waals surface area contributed by atoms with E-state index in [4.69, 9.17) is 4.74 Å². The third-order valence-corrected chi connectivity index (χ3v) is 3.04. The number of carbonyl (C=O) groups is 1. The summed E-state index contributed by atoms with van der Waals surface area (Å²) < 4.78 is 7.09. The second-order valence-electron chi connectivity index (χ2n) is 4.15. The van der Waals surface area contributed by atoms with Gasteiger partial charge in [0.2, 0.25) is 0 Å². The van der Waals surface area contributed by atoms with Crippen molar-refractivity contribution in [3.05, 3.63) is 42.2 Å². The van der Waals surface area contributed by atoms with Crippen molar-refractivity contribution < 1.29 is 9.53 Å². The highest BCUT2D eigenvalue weighted by Crippen LogP contribution is 2.23. The van der Waals surface area contributed by atoms with Gasteiger partial charge < -0.3 is 4.74 Å². The van der Waals surface area contributed by atoms with Crippen molar-refractivity contribution in [1.82, 2.24) is 9.38 Å². The van der Waals surface area contributed by atoms with Crippen LogP contribution in [-0.2, 0) is 0 Å². The van der Waals surface area contributed by atoms with Crippen molar-refractivity contribution >= 4 is 22.3 Å². The van der Waals surface area contributed by atoms with Crippen LogP contribution in [0.4, 0.5) is 0 Å². The first-order valence-electron chi connectivity index (χ1n) is 5.66. The molecule has 0 atom stereocenters. The predicted octanol–water partition coefficient (Wildman–Crippen LogP) is 2.70. The van der Waals surface area contributed by atoms with Gasteiger partial charge in [-0.25, -0.2) is 4.98 Å². The summed E-state index contributed by atoms with van der Waals surface area (Å²) in [6, 6.07) is 9.68. The lowest BCUT2D eigenvalue weighted by atomic mass is 10.2. The van der Waals surface area contributed by atoms with E-state index in [2.05, 4.69) is 4.98 Å². The van der Waals surface area contributed by atoms with E-state index in [-0.39, 0.29) is 5.78 Å². The Morgan fingerprint density at radius 1 is 1.28 bits per heavy atom. The number of rotatable bonds is 2. The average molecular weight is 240 g/mol. The van der Waals surface area contributed by atoms with Crippen LogP contribution in [0.2, 0.25) is 0 Å². The van der Waals surface area contributed by atoms with E-state index in [0.29, 0.717) is 5.69 Å². The maximum absolute atomic E-state index is 11.6. The van der Waals surface area contributed by atoms with E-state index in [1.54, 1.807) is 20.2 Å². The van der Waals surface area contributed by atoms with Gasteiger partial charge in [-0.05, 0) is 29.7 Å². The van der Waals surface area contributed by atoms with Gasteiger partial charge in [-0.2, -0.15) is 0 Å². The predicted molar refractivity (Wildman–Crippen MR) is 69.3 cm³/mol. The molecule has 0 radical (unpaired) electrons. The maximum Gasteiger partial charge on any atom is 0.178 e. The second kappa shape index (κ2) is 3.84. The van der Waals surface area contributed by atoms with Crippen LogP contribution in [0.1, 0.15) is 17.4 Å². The zero-order valence-electron chi connectivity index (χ0n) is 10.2. The number of imidazole rings is 1. The van der Waals surface area contributed by atoms with Crippen molar-refractivity contribution in [2.45, 2.75) is 6.92 Å². The van der Waals surface area contributed by atoms with Crippen molar-refractivity contribution in [3.8, 4) is 5.75 Å². The van der Waals surface area contributed by atoms with Gasteiger partial charge in [-0.1, -0.05) is 0 Å². The van der Waals surface area contributed by atoms with Crippen LogP contribution in [0.5, 0.6) is 5.75 Å². The number of nitrogens with zero attached hydrogens (tertiary/aromatic N) is 2. The number of fused-ring (bicyclic) bond motifs is 3. The Labute approximate surface area is 104 Å². The van der Waals surface area contributed by atoms with Gasteiger partial charge in [0.1, 0.15) is 17.1 Å². The minimum Gasteiger partial charge on any atom is -0.497 e. The molecule has 0 saturated heterocycles. The summed E-state index contributed by atoms with van der Waals surface area (Å²) in [4.78, 5) is 15.9. The fourth-order valence-corrected chi connectivity index (χ4v) is 2.13. The molecule has 0 bridgehead atoms. The molecule has 0 amide bonds. The summed E-state index contributed by atoms with van der Waals surface area (Å²) in [6.45, 7) is 1.54. The Kier molecular flexibility index (Phi) is 2.30. The number of ether oxygens (including phenoxy) is 1. The van der Waals surface area contributed by atoms with E-state index in [0.717, 1.165) is 22.3 Å². The van der Waals surface area contributed by atoms with Crippen LogP contribution in [-0.4, -0.2) is 22.3 Å². The lowest BCUT2D eigenvalue weighted by Crippen LogP contribution is -1.99. The Balaban J connectivity index is 2.48. The fourth-order valence-electron chi connectivity index (χ4n) is 2.13. The molecule has 4 nitrogen and oxygen atoms in total. The molecule has 0 spiro atoms. The minimum absolute atomic E-state index is 0.00202. The standard InChI is InChI=1S/C14H12N2O2/c1-9(17)13-8-15-14-6-4-10-3-5-11(18-2)7-12(10)16(13)14/h3-8H,1-2H3. The quantitative estimate of drug-likeness (QED) is 0.647. The average Bonchev–Trinajstić information content (AvgIpc) is 2.82. The normalized spacial score (nSPS) is 11.0. The monoisotopic (exact) mass is 240 g/mol. The molecule has 90 valence electrons. The lowest BCUT2D eigenvalue weighted by molar-refractivity contribution is 0.101. The number of ketones is 1. The van der Waals surface area contributed by atoms with Crippen molar-refractivity contribution in [2.24, 2.45) is 0 Å². The fraction of sp³-hybridized carbons (Fsp3) is 0.143. The summed E-state index contributed by atoms with van der Waals surface area (Å²) in [6.07, 6.45) is 1.61. The van der Waals surface area contributed by atoms with Gasteiger partial charge in [0.05, 0.1) is 18.8 Å². The van der Waals surface area contributed by atoms with E-state index < -0.39 is 0 Å². The first kappa shape index (κ1) is 10.8. The number of carbonyl (C=O) groups excluding carboxylic acids is 1. The zero-order valence-corrected chi connectivity index (χ0v) is 10.2. The molecule has 4 heteroatoms. The van der Waals surface area contributed by atoms with Gasteiger partial charge in [0, 0.05) is 13.0 Å². The Bertz CT molecular complexity index is 759. The number of pyridine rings is 1. The summed E-state index contributed by atoms with van der Waals surface area (Å²) in [5, 5.41) is 1.05. The van der Waals surface area contributed by atoms with Crippen LogP contribution in [0, 0.1) is 0 Å². The molecule has 0 aliphatic heterocycles. The van der Waals surface area contributed by atoms with Gasteiger partial charge in [0.25, 0.3) is 0 Å². The molecule has 0 aliphatic carbocycles. The number of benzene rings is 1. The molecular weight excluding hydrogens is 228 g/mol. The third-order valence-electron chi connectivity index (χ3n) is 3.04. The minimum atomic E-state index is -0.00202. The smallest absolute Gasteiger partial charge is 0.178 e. The molecule has 2 heterocycles. The SMILES string of the molecule is COc1ccc2ccc3ncc(C(C)=O)n3c2c1. The molecule has 0 fully saturated rings. The summed E-state index contributed by atoms with van der Waals surface area (Å²) in [5.41, 5.74) is 2.28. The molecule has 0 aliphatic rings. The van der Waals surface area contributed by atoms with E-state index in [1.165, 1.54) is 0 Å². The molecule has 3 rings (SSSR count). The highest BCUT2D eigenvalue weighted by Gasteiger charge is 2.10. The second-order valence-corrected chi connectivity index (χ2v) is 4.15. The lowest BCUT2D eigenvalue weighted by Gasteiger charge is -2.06. The van der Waals surface area contributed by atoms with Crippen LogP contribution >= 0.6 is 0 Å². The Hall–Kier alpha value is -2.36. The molecular formula is C14H12N2O2. The number of methoxy groups -OCH3 is 1. The molecule has 0 saturated carbocycles. The molecule has 3 aromatic rings. The summed E-state index contributed by atoms with van der Waals surface area (Å²) in [5.74, 6) is 0.760. The summed E-state index contributed by atoms with van der Waals surface area (Å²) in [7, 11) is 1.63. The number of hydrogen-bond donors (Lipinski definition) is 0. The topological polar surface area (TPSA) is 43.6 Å². The van der Waals surface area contributed by atoms with Crippen LogP contribution < -0.4 is 4.74 Å². The number of aromatic nitrogens is 2. The van der Waals surface area contributed by atoms with Crippen molar-refractivity contribution in [2.75, 3.05) is 7.11 Å². The molecule has 0 unspecified atom stereocenters. The van der Waals surface area contributed by atoms with Gasteiger partial charge in [0.15, 0.2) is 5.78 Å². The Morgan fingerprint density at radius 2 is 2.06 bits per heavy atom. The molecule has 1 aromatic carbocycles. The Morgan fingerprint density at radius 3 is 2.78 bits per heavy atom. The van der Waals surface area contributed by atoms with Gasteiger partial charge in [-0.3, -0.25) is 9.20 Å². The number of hydrogen-bond acceptors (Lipinski definition) is 3. The summed E-state index contributed by atoms with van der Waals surface area (Å²) >= 11 is 0. The van der Waals surface area contributed by atoms with Crippen molar-refractivity contribution in [3.63, 3.8) is 0 Å². The van der Waals surface area contributed by atoms with E-state index >= 15 is 0 Å². The largest absolute Gasteiger partial charge is 0.497 e. The van der Waals surface area contributed by atoms with Crippen molar-refractivity contribution in [1.29, 1.82) is 0 Å². The number of Topliss-reactive ketones (excluding diaryl/α,β-unsaturated/α-hetero) is 1. The first-order valence-corrected chi connectivity index (χ1v) is 5.66. The highest BCUT2D eigenvalue weighted by molar-refractivity contribution is 5.96. The third kappa shape index (κ3) is 1.46. The van der Waals surface area contributed by atoms with Crippen LogP contribution in [0.15, 0.2) is 36.5 Å². The van der Waals surface area contributed by atoms with E-state index in [1.807, 2.05) is 34.7 Å². The van der Waals surface area contributed by atoms with Crippen LogP contribution in [0.25, 0.3) is 16.6 Å². The zero-order chi connectivity index (χ0) is 12.7. The molecule has 0 N–H and O–H groups in total.